The van der Waals surface area contributed by atoms with E-state index >= 15 is 0 Å². The highest BCUT2D eigenvalue weighted by Crippen LogP contribution is 2.15. The van der Waals surface area contributed by atoms with E-state index in [0.717, 1.165) is 30.1 Å². The van der Waals surface area contributed by atoms with E-state index in [0.29, 0.717) is 11.4 Å². The summed E-state index contributed by atoms with van der Waals surface area (Å²) in [6.07, 6.45) is 1.70. The molecule has 1 rings (SSSR count). The highest BCUT2D eigenvalue weighted by molar-refractivity contribution is 7.07. The summed E-state index contributed by atoms with van der Waals surface area (Å²) in [6, 6.07) is 2.11. The molecule has 6 heteroatoms. The molecule has 0 aliphatic heterocycles. The van der Waals surface area contributed by atoms with Crippen molar-refractivity contribution in [3.63, 3.8) is 0 Å². The maximum Gasteiger partial charge on any atom is 0.267 e. The van der Waals surface area contributed by atoms with Crippen LogP contribution in [-0.2, 0) is 6.42 Å². The fourth-order valence-corrected chi connectivity index (χ4v) is 2.18. The smallest absolute Gasteiger partial charge is 0.267 e. The standard InChI is InChI=1S/C11H16N4OS/c1-4-5-9-10(17-14-13-9)11(16)15(3)7-8(2)6-12/h8H,4-5,7H2,1-3H3. The average molecular weight is 252 g/mol. The normalized spacial score (nSPS) is 11.9. The zero-order chi connectivity index (χ0) is 12.8. The summed E-state index contributed by atoms with van der Waals surface area (Å²) in [4.78, 5) is 14.3. The number of rotatable bonds is 5. The van der Waals surface area contributed by atoms with Crippen LogP contribution in [0.4, 0.5) is 0 Å². The van der Waals surface area contributed by atoms with E-state index in [1.807, 2.05) is 6.92 Å². The summed E-state index contributed by atoms with van der Waals surface area (Å²) >= 11 is 1.13. The Labute approximate surface area is 105 Å². The van der Waals surface area contributed by atoms with Gasteiger partial charge in [-0.3, -0.25) is 4.79 Å². The molecule has 0 aliphatic carbocycles. The summed E-state index contributed by atoms with van der Waals surface area (Å²) in [7, 11) is 1.70. The number of hydrogen-bond donors (Lipinski definition) is 0. The third kappa shape index (κ3) is 3.49. The lowest BCUT2D eigenvalue weighted by atomic mass is 10.2. The monoisotopic (exact) mass is 252 g/mol. The minimum Gasteiger partial charge on any atom is -0.340 e. The lowest BCUT2D eigenvalue weighted by Gasteiger charge is -2.17. The molecule has 0 saturated carbocycles. The minimum atomic E-state index is -0.167. The number of amides is 1. The Bertz CT molecular complexity index is 423. The van der Waals surface area contributed by atoms with Crippen LogP contribution in [0.5, 0.6) is 0 Å². The first-order valence-electron chi connectivity index (χ1n) is 5.56. The highest BCUT2D eigenvalue weighted by atomic mass is 32.1. The van der Waals surface area contributed by atoms with Crippen LogP contribution in [-0.4, -0.2) is 34.0 Å². The van der Waals surface area contributed by atoms with Crippen LogP contribution < -0.4 is 0 Å². The fourth-order valence-electron chi connectivity index (χ4n) is 1.48. The van der Waals surface area contributed by atoms with Crippen molar-refractivity contribution >= 4 is 17.4 Å². The van der Waals surface area contributed by atoms with Crippen molar-refractivity contribution in [1.82, 2.24) is 14.5 Å². The van der Waals surface area contributed by atoms with E-state index in [9.17, 15) is 4.79 Å². The third-order valence-electron chi connectivity index (χ3n) is 2.35. The topological polar surface area (TPSA) is 69.9 Å². The zero-order valence-electron chi connectivity index (χ0n) is 10.3. The number of aryl methyl sites for hydroxylation is 1. The van der Waals surface area contributed by atoms with Gasteiger partial charge in [0.2, 0.25) is 0 Å². The van der Waals surface area contributed by atoms with E-state index in [1.165, 1.54) is 0 Å². The predicted octanol–water partition coefficient (Wildman–Crippen LogP) is 1.72. The molecule has 5 nitrogen and oxygen atoms in total. The second-order valence-electron chi connectivity index (χ2n) is 4.01. The largest absolute Gasteiger partial charge is 0.340 e. The van der Waals surface area contributed by atoms with Crippen molar-refractivity contribution in [1.29, 1.82) is 5.26 Å². The van der Waals surface area contributed by atoms with Gasteiger partial charge in [0, 0.05) is 13.6 Å². The number of carbonyl (C=O) groups is 1. The molecule has 0 aromatic carbocycles. The second kappa shape index (κ2) is 6.30. The van der Waals surface area contributed by atoms with Gasteiger partial charge in [0.25, 0.3) is 5.91 Å². The number of hydrogen-bond acceptors (Lipinski definition) is 5. The number of carbonyl (C=O) groups excluding carboxylic acids is 1. The Morgan fingerprint density at radius 1 is 1.65 bits per heavy atom. The lowest BCUT2D eigenvalue weighted by Crippen LogP contribution is -2.30. The van der Waals surface area contributed by atoms with Crippen LogP contribution in [0.25, 0.3) is 0 Å². The third-order valence-corrected chi connectivity index (χ3v) is 3.11. The van der Waals surface area contributed by atoms with E-state index < -0.39 is 0 Å². The molecule has 0 saturated heterocycles. The number of nitrogens with zero attached hydrogens (tertiary/aromatic N) is 4. The van der Waals surface area contributed by atoms with Crippen LogP contribution in [0.2, 0.25) is 0 Å². The van der Waals surface area contributed by atoms with Gasteiger partial charge in [-0.1, -0.05) is 17.8 Å². The van der Waals surface area contributed by atoms with Crippen LogP contribution in [0.1, 0.15) is 35.6 Å². The highest BCUT2D eigenvalue weighted by Gasteiger charge is 2.20. The minimum absolute atomic E-state index is 0.0921. The van der Waals surface area contributed by atoms with Gasteiger partial charge in [-0.25, -0.2) is 0 Å². The molecule has 1 unspecified atom stereocenters. The van der Waals surface area contributed by atoms with Crippen LogP contribution in [0.3, 0.4) is 0 Å². The van der Waals surface area contributed by atoms with Crippen LogP contribution in [0.15, 0.2) is 0 Å². The number of nitriles is 1. The van der Waals surface area contributed by atoms with E-state index in [-0.39, 0.29) is 11.8 Å². The number of aromatic nitrogens is 2. The summed E-state index contributed by atoms with van der Waals surface area (Å²) in [6.45, 7) is 4.26. The summed E-state index contributed by atoms with van der Waals surface area (Å²) in [5, 5.41) is 12.7. The molecule has 1 atom stereocenters. The summed E-state index contributed by atoms with van der Waals surface area (Å²) < 4.78 is 3.82. The van der Waals surface area contributed by atoms with Crippen molar-refractivity contribution in [3.05, 3.63) is 10.6 Å². The fraction of sp³-hybridized carbons (Fsp3) is 0.636. The Hall–Kier alpha value is -1.48. The molecule has 1 aromatic rings. The first kappa shape index (κ1) is 13.6. The van der Waals surface area contributed by atoms with E-state index in [2.05, 4.69) is 15.7 Å². The molecular weight excluding hydrogens is 236 g/mol. The van der Waals surface area contributed by atoms with Crippen LogP contribution >= 0.6 is 11.5 Å². The molecule has 0 spiro atoms. The lowest BCUT2D eigenvalue weighted by molar-refractivity contribution is 0.0788. The van der Waals surface area contributed by atoms with Gasteiger partial charge in [-0.05, 0) is 24.9 Å². The Morgan fingerprint density at radius 3 is 2.94 bits per heavy atom. The predicted molar refractivity (Wildman–Crippen MR) is 65.6 cm³/mol. The molecule has 0 aliphatic rings. The SMILES string of the molecule is CCCc1nnsc1C(=O)N(C)CC(C)C#N. The van der Waals surface area contributed by atoms with Gasteiger partial charge in [0.15, 0.2) is 0 Å². The van der Waals surface area contributed by atoms with Crippen molar-refractivity contribution in [2.75, 3.05) is 13.6 Å². The molecule has 92 valence electrons. The zero-order valence-corrected chi connectivity index (χ0v) is 11.1. The van der Waals surface area contributed by atoms with Gasteiger partial charge >= 0.3 is 0 Å². The Kier molecular flexibility index (Phi) is 5.04. The summed E-state index contributed by atoms with van der Waals surface area (Å²) in [5.41, 5.74) is 0.763. The maximum atomic E-state index is 12.1. The first-order chi connectivity index (χ1) is 8.10. The quantitative estimate of drug-likeness (QED) is 0.800. The van der Waals surface area contributed by atoms with Gasteiger partial charge in [0.05, 0.1) is 17.7 Å². The average Bonchev–Trinajstić information content (AvgIpc) is 2.76. The molecule has 0 N–H and O–H groups in total. The molecule has 0 fully saturated rings. The molecular formula is C11H16N4OS. The van der Waals surface area contributed by atoms with E-state index in [1.54, 1.807) is 18.9 Å². The molecule has 1 aromatic heterocycles. The Morgan fingerprint density at radius 2 is 2.35 bits per heavy atom. The molecule has 0 radical (unpaired) electrons. The van der Waals surface area contributed by atoms with Gasteiger partial charge < -0.3 is 4.90 Å². The van der Waals surface area contributed by atoms with Crippen LogP contribution in [0, 0.1) is 17.2 Å². The van der Waals surface area contributed by atoms with Gasteiger partial charge in [-0.2, -0.15) is 5.26 Å². The molecule has 1 amide bonds. The molecule has 0 bridgehead atoms. The van der Waals surface area contributed by atoms with Crippen molar-refractivity contribution < 1.29 is 4.79 Å². The van der Waals surface area contributed by atoms with Crippen molar-refractivity contribution in [2.45, 2.75) is 26.7 Å². The first-order valence-corrected chi connectivity index (χ1v) is 6.33. The van der Waals surface area contributed by atoms with Crippen molar-refractivity contribution in [3.8, 4) is 6.07 Å². The molecule has 17 heavy (non-hydrogen) atoms. The van der Waals surface area contributed by atoms with Crippen molar-refractivity contribution in [2.24, 2.45) is 5.92 Å². The van der Waals surface area contributed by atoms with Gasteiger partial charge in [-0.15, -0.1) is 5.10 Å². The summed E-state index contributed by atoms with van der Waals surface area (Å²) in [5.74, 6) is -0.259. The maximum absolute atomic E-state index is 12.1. The Balaban J connectivity index is 2.75. The second-order valence-corrected chi connectivity index (χ2v) is 4.77. The molecule has 1 heterocycles. The van der Waals surface area contributed by atoms with Gasteiger partial charge in [0.1, 0.15) is 4.88 Å². The van der Waals surface area contributed by atoms with E-state index in [4.69, 9.17) is 5.26 Å².